The molecule has 0 atom stereocenters. The Bertz CT molecular complexity index is 1590. The first kappa shape index (κ1) is 23.2. The number of nitrogens with zero attached hydrogens (tertiary/aromatic N) is 4. The number of amides is 1. The van der Waals surface area contributed by atoms with E-state index in [2.05, 4.69) is 21.0 Å². The van der Waals surface area contributed by atoms with E-state index in [0.29, 0.717) is 16.8 Å². The highest BCUT2D eigenvalue weighted by Crippen LogP contribution is 2.29. The van der Waals surface area contributed by atoms with Crippen LogP contribution >= 0.6 is 11.6 Å². The van der Waals surface area contributed by atoms with E-state index in [1.54, 1.807) is 43.1 Å². The fraction of sp³-hybridized carbons (Fsp3) is 0.0714. The summed E-state index contributed by atoms with van der Waals surface area (Å²) in [6, 6.07) is 19.3. The van der Waals surface area contributed by atoms with Gasteiger partial charge in [-0.05, 0) is 46.8 Å². The second-order valence-corrected chi connectivity index (χ2v) is 8.70. The van der Waals surface area contributed by atoms with Crippen LogP contribution in [0.3, 0.4) is 0 Å². The number of nitriles is 1. The number of rotatable bonds is 6. The number of hydrogen-bond donors (Lipinski definition) is 1. The molecule has 0 unspecified atom stereocenters. The first-order valence-corrected chi connectivity index (χ1v) is 11.5. The highest BCUT2D eigenvalue weighted by molar-refractivity contribution is 6.30. The predicted molar refractivity (Wildman–Crippen MR) is 137 cm³/mol. The van der Waals surface area contributed by atoms with Crippen LogP contribution in [0, 0.1) is 17.1 Å². The molecule has 0 aliphatic carbocycles. The van der Waals surface area contributed by atoms with Crippen molar-refractivity contribution in [3.05, 3.63) is 113 Å². The zero-order valence-electron chi connectivity index (χ0n) is 19.0. The maximum Gasteiger partial charge on any atom is 0.231 e. The third kappa shape index (κ3) is 4.81. The molecule has 2 aromatic heterocycles. The van der Waals surface area contributed by atoms with E-state index < -0.39 is 5.82 Å². The van der Waals surface area contributed by atoms with E-state index in [4.69, 9.17) is 11.6 Å². The van der Waals surface area contributed by atoms with Crippen molar-refractivity contribution < 1.29 is 9.18 Å². The smallest absolute Gasteiger partial charge is 0.231 e. The van der Waals surface area contributed by atoms with Crippen LogP contribution in [0.4, 0.5) is 10.1 Å². The normalized spacial score (nSPS) is 10.8. The van der Waals surface area contributed by atoms with Gasteiger partial charge in [0.25, 0.3) is 0 Å². The summed E-state index contributed by atoms with van der Waals surface area (Å²) >= 11 is 6.08. The summed E-state index contributed by atoms with van der Waals surface area (Å²) in [5.74, 6) is -0.766. The molecule has 8 heteroatoms. The zero-order valence-corrected chi connectivity index (χ0v) is 19.7. The van der Waals surface area contributed by atoms with Crippen LogP contribution in [0.1, 0.15) is 16.7 Å². The molecule has 0 bridgehead atoms. The third-order valence-electron chi connectivity index (χ3n) is 5.87. The lowest BCUT2D eigenvalue weighted by molar-refractivity contribution is -0.118. The molecule has 0 aliphatic rings. The van der Waals surface area contributed by atoms with Gasteiger partial charge in [-0.15, -0.1) is 0 Å². The SMILES string of the molecule is N#Cc1cc(-c2cnc[nH]2)ccc1N(Cc1cc(F)cc(Cl)c1)C(=O)Cc1cncc2ccccc12. The van der Waals surface area contributed by atoms with Gasteiger partial charge in [-0.1, -0.05) is 41.9 Å². The highest BCUT2D eigenvalue weighted by Gasteiger charge is 2.22. The maximum absolute atomic E-state index is 14.1. The number of carbonyl (C=O) groups excluding carboxylic acids is 1. The van der Waals surface area contributed by atoms with Crippen molar-refractivity contribution in [2.45, 2.75) is 13.0 Å². The highest BCUT2D eigenvalue weighted by atomic mass is 35.5. The first-order valence-electron chi connectivity index (χ1n) is 11.1. The van der Waals surface area contributed by atoms with E-state index in [9.17, 15) is 14.4 Å². The Balaban J connectivity index is 1.57. The quantitative estimate of drug-likeness (QED) is 0.310. The van der Waals surface area contributed by atoms with Crippen LogP contribution in [-0.4, -0.2) is 20.9 Å². The fourth-order valence-corrected chi connectivity index (χ4v) is 4.46. The molecule has 176 valence electrons. The minimum atomic E-state index is -0.502. The number of halogens is 2. The van der Waals surface area contributed by atoms with Gasteiger partial charge in [0.2, 0.25) is 5.91 Å². The van der Waals surface area contributed by atoms with Gasteiger partial charge < -0.3 is 9.88 Å². The Labute approximate surface area is 211 Å². The largest absolute Gasteiger partial charge is 0.345 e. The molecule has 0 aliphatic heterocycles. The van der Waals surface area contributed by atoms with E-state index in [0.717, 1.165) is 27.6 Å². The molecule has 5 rings (SSSR count). The fourth-order valence-electron chi connectivity index (χ4n) is 4.21. The average molecular weight is 496 g/mol. The number of imidazole rings is 1. The maximum atomic E-state index is 14.1. The molecule has 6 nitrogen and oxygen atoms in total. The summed E-state index contributed by atoms with van der Waals surface area (Å²) in [5, 5.41) is 12.0. The molecule has 0 saturated carbocycles. The number of H-pyrrole nitrogens is 1. The van der Waals surface area contributed by atoms with Crippen LogP contribution in [-0.2, 0) is 17.8 Å². The van der Waals surface area contributed by atoms with Crippen molar-refractivity contribution in [3.8, 4) is 17.3 Å². The van der Waals surface area contributed by atoms with Crippen molar-refractivity contribution >= 4 is 34.0 Å². The van der Waals surface area contributed by atoms with Gasteiger partial charge in [0.05, 0.1) is 42.4 Å². The lowest BCUT2D eigenvalue weighted by Crippen LogP contribution is -2.32. The van der Waals surface area contributed by atoms with Gasteiger partial charge in [0.15, 0.2) is 0 Å². The number of anilines is 1. The Kier molecular flexibility index (Phi) is 6.44. The number of fused-ring (bicyclic) bond motifs is 1. The van der Waals surface area contributed by atoms with E-state index >= 15 is 0 Å². The molecule has 5 aromatic rings. The summed E-state index contributed by atoms with van der Waals surface area (Å²) in [7, 11) is 0. The molecule has 0 radical (unpaired) electrons. The third-order valence-corrected chi connectivity index (χ3v) is 6.09. The molecular weight excluding hydrogens is 477 g/mol. The molecule has 1 N–H and O–H groups in total. The number of nitrogens with one attached hydrogen (secondary N) is 1. The van der Waals surface area contributed by atoms with Gasteiger partial charge in [-0.25, -0.2) is 9.37 Å². The molecule has 36 heavy (non-hydrogen) atoms. The second kappa shape index (κ2) is 9.98. The van der Waals surface area contributed by atoms with Gasteiger partial charge in [-0.2, -0.15) is 5.26 Å². The minimum Gasteiger partial charge on any atom is -0.345 e. The molecular formula is C28H19ClFN5O. The second-order valence-electron chi connectivity index (χ2n) is 8.26. The van der Waals surface area contributed by atoms with Crippen LogP contribution in [0.25, 0.3) is 22.0 Å². The molecule has 0 fully saturated rings. The van der Waals surface area contributed by atoms with Gasteiger partial charge in [-0.3, -0.25) is 9.78 Å². The van der Waals surface area contributed by atoms with Crippen molar-refractivity contribution in [2.75, 3.05) is 4.90 Å². The Hall–Kier alpha value is -4.54. The Morgan fingerprint density at radius 1 is 1.06 bits per heavy atom. The summed E-state index contributed by atoms with van der Waals surface area (Å²) in [5.41, 5.74) is 3.48. The van der Waals surface area contributed by atoms with Crippen molar-refractivity contribution in [2.24, 2.45) is 0 Å². The Morgan fingerprint density at radius 3 is 2.69 bits per heavy atom. The predicted octanol–water partition coefficient (Wildman–Crippen LogP) is 6.06. The number of aromatic nitrogens is 3. The molecule has 3 aromatic carbocycles. The molecule has 0 saturated heterocycles. The minimum absolute atomic E-state index is 0.0343. The lowest BCUT2D eigenvalue weighted by Gasteiger charge is -2.25. The summed E-state index contributed by atoms with van der Waals surface area (Å²) in [6.45, 7) is 0.0343. The summed E-state index contributed by atoms with van der Waals surface area (Å²) in [6.07, 6.45) is 6.67. The van der Waals surface area contributed by atoms with Crippen LogP contribution in [0.2, 0.25) is 5.02 Å². The van der Waals surface area contributed by atoms with Crippen LogP contribution < -0.4 is 4.90 Å². The number of hydrogen-bond acceptors (Lipinski definition) is 4. The van der Waals surface area contributed by atoms with Crippen molar-refractivity contribution in [1.82, 2.24) is 15.0 Å². The molecule has 2 heterocycles. The van der Waals surface area contributed by atoms with E-state index in [1.165, 1.54) is 17.0 Å². The van der Waals surface area contributed by atoms with Crippen molar-refractivity contribution in [3.63, 3.8) is 0 Å². The number of pyridine rings is 1. The number of benzene rings is 3. The first-order chi connectivity index (χ1) is 17.5. The molecule has 1 amide bonds. The van der Waals surface area contributed by atoms with E-state index in [1.807, 2.05) is 30.3 Å². The monoisotopic (exact) mass is 495 g/mol. The topological polar surface area (TPSA) is 85.7 Å². The zero-order chi connectivity index (χ0) is 25.1. The number of aromatic amines is 1. The van der Waals surface area contributed by atoms with Gasteiger partial charge in [0, 0.05) is 28.4 Å². The summed E-state index contributed by atoms with van der Waals surface area (Å²) < 4.78 is 14.1. The van der Waals surface area contributed by atoms with Gasteiger partial charge in [0.1, 0.15) is 11.9 Å². The number of carbonyl (C=O) groups is 1. The average Bonchev–Trinajstić information content (AvgIpc) is 3.42. The van der Waals surface area contributed by atoms with Gasteiger partial charge >= 0.3 is 0 Å². The standard InChI is InChI=1S/C28H19ClFN5O/c29-23-7-18(8-24(30)11-23)16-35(27-6-5-19(9-21(27)12-31)26-15-33-17-34-26)28(36)10-22-14-32-13-20-3-1-2-4-25(20)22/h1-9,11,13-15,17H,10,16H2,(H,33,34). The van der Waals surface area contributed by atoms with Crippen LogP contribution in [0.5, 0.6) is 0 Å². The molecule has 0 spiro atoms. The van der Waals surface area contributed by atoms with E-state index in [-0.39, 0.29) is 23.9 Å². The Morgan fingerprint density at radius 2 is 1.92 bits per heavy atom. The summed E-state index contributed by atoms with van der Waals surface area (Å²) in [4.78, 5) is 26.6. The van der Waals surface area contributed by atoms with Crippen molar-refractivity contribution in [1.29, 1.82) is 5.26 Å². The van der Waals surface area contributed by atoms with Crippen LogP contribution in [0.15, 0.2) is 85.6 Å². The lowest BCUT2D eigenvalue weighted by atomic mass is 10.0.